The van der Waals surface area contributed by atoms with Crippen molar-refractivity contribution in [1.82, 2.24) is 24.7 Å². The second kappa shape index (κ2) is 14.3. The zero-order valence-electron chi connectivity index (χ0n) is 25.3. The van der Waals surface area contributed by atoms with Crippen LogP contribution in [-0.4, -0.2) is 141 Å². The molecule has 0 bridgehead atoms. The van der Waals surface area contributed by atoms with E-state index in [1.807, 2.05) is 17.0 Å². The quantitative estimate of drug-likeness (QED) is 0.313. The van der Waals surface area contributed by atoms with E-state index in [0.29, 0.717) is 60.9 Å². The molecule has 4 aliphatic heterocycles. The fraction of sp³-hybridized carbons (Fsp3) is 0.567. The van der Waals surface area contributed by atoms with Gasteiger partial charge in [0.15, 0.2) is 17.3 Å². The van der Waals surface area contributed by atoms with Gasteiger partial charge in [0.1, 0.15) is 17.2 Å². The molecule has 1 aromatic heterocycles. The second-order valence-corrected chi connectivity index (χ2v) is 11.0. The zero-order chi connectivity index (χ0) is 30.3. The van der Waals surface area contributed by atoms with Crippen LogP contribution in [-0.2, 0) is 9.47 Å². The summed E-state index contributed by atoms with van der Waals surface area (Å²) in [4.78, 5) is 38.2. The first kappa shape index (κ1) is 30.2. The van der Waals surface area contributed by atoms with E-state index in [1.165, 1.54) is 6.20 Å². The number of anilines is 1. The number of morpholine rings is 2. The standard InChI is InChI=1S/C30H41N9O5/c1-41-26-23(44-15-3-9-38-13-18-43-19-14-38)5-4-21-24(26)35-29(39-10-7-32-28(21)39)25-22(27(31)40)20-34-30(36-25)33-6-2-8-37-11-16-42-17-12-37/h4-5,20H,2-3,6-19H2,1H3,(H2,31,40)(H,33,34,36). The van der Waals surface area contributed by atoms with Crippen molar-refractivity contribution in [2.75, 3.05) is 104 Å². The van der Waals surface area contributed by atoms with Gasteiger partial charge in [-0.3, -0.25) is 19.6 Å². The summed E-state index contributed by atoms with van der Waals surface area (Å²) in [5.41, 5.74) is 7.75. The van der Waals surface area contributed by atoms with Gasteiger partial charge in [0, 0.05) is 57.6 Å². The van der Waals surface area contributed by atoms with E-state index in [2.05, 4.69) is 20.1 Å². The van der Waals surface area contributed by atoms with E-state index in [-0.39, 0.29) is 5.56 Å². The van der Waals surface area contributed by atoms with Crippen LogP contribution in [0.15, 0.2) is 28.3 Å². The van der Waals surface area contributed by atoms with Gasteiger partial charge < -0.3 is 34.9 Å². The van der Waals surface area contributed by atoms with Crippen molar-refractivity contribution in [3.8, 4) is 11.5 Å². The number of nitrogens with two attached hydrogens (primary N) is 1. The SMILES string of the molecule is COc1c(OCCCN2CCOCC2)ccc2c1N=C(c1nc(NCCCN3CCOCC3)ncc1C(N)=O)N1CCN=C21. The molecular weight excluding hydrogens is 566 g/mol. The predicted octanol–water partition coefficient (Wildman–Crippen LogP) is 0.974. The predicted molar refractivity (Wildman–Crippen MR) is 166 cm³/mol. The summed E-state index contributed by atoms with van der Waals surface area (Å²) < 4.78 is 22.9. The molecule has 0 atom stereocenters. The van der Waals surface area contributed by atoms with Crippen LogP contribution in [0, 0.1) is 0 Å². The minimum Gasteiger partial charge on any atom is -0.491 e. The number of hydrogen-bond acceptors (Lipinski definition) is 13. The van der Waals surface area contributed by atoms with Crippen LogP contribution >= 0.6 is 0 Å². The zero-order valence-corrected chi connectivity index (χ0v) is 25.3. The first-order valence-electron chi connectivity index (χ1n) is 15.4. The molecule has 14 nitrogen and oxygen atoms in total. The van der Waals surface area contributed by atoms with Gasteiger partial charge in [-0.25, -0.2) is 15.0 Å². The Kier molecular flexibility index (Phi) is 9.80. The van der Waals surface area contributed by atoms with Crippen molar-refractivity contribution < 1.29 is 23.7 Å². The molecule has 1 aromatic carbocycles. The van der Waals surface area contributed by atoms with Crippen molar-refractivity contribution in [2.24, 2.45) is 15.7 Å². The molecule has 0 spiro atoms. The summed E-state index contributed by atoms with van der Waals surface area (Å²) in [6.45, 7) is 11.2. The van der Waals surface area contributed by atoms with Gasteiger partial charge >= 0.3 is 0 Å². The number of fused-ring (bicyclic) bond motifs is 3. The number of amides is 1. The fourth-order valence-corrected chi connectivity index (χ4v) is 5.83. The molecule has 0 aliphatic carbocycles. The van der Waals surface area contributed by atoms with Crippen LogP contribution in [0.2, 0.25) is 0 Å². The van der Waals surface area contributed by atoms with E-state index in [4.69, 9.17) is 39.6 Å². The molecule has 4 aliphatic rings. The molecule has 1 amide bonds. The molecule has 2 aromatic rings. The van der Waals surface area contributed by atoms with Gasteiger partial charge in [0.2, 0.25) is 5.95 Å². The Labute approximate surface area is 257 Å². The van der Waals surface area contributed by atoms with Crippen molar-refractivity contribution in [2.45, 2.75) is 12.8 Å². The van der Waals surface area contributed by atoms with Crippen molar-refractivity contribution in [3.63, 3.8) is 0 Å². The number of hydrogen-bond donors (Lipinski definition) is 2. The van der Waals surface area contributed by atoms with Crippen LogP contribution < -0.4 is 20.5 Å². The number of carbonyl (C=O) groups excluding carboxylic acids is 1. The number of aliphatic imine (C=N–C) groups is 2. The molecule has 14 heteroatoms. The van der Waals surface area contributed by atoms with E-state index in [1.54, 1.807) is 7.11 Å². The molecule has 6 rings (SSSR count). The van der Waals surface area contributed by atoms with E-state index >= 15 is 0 Å². The number of rotatable bonds is 13. The van der Waals surface area contributed by atoms with Crippen molar-refractivity contribution >= 4 is 29.2 Å². The summed E-state index contributed by atoms with van der Waals surface area (Å²) in [7, 11) is 1.60. The van der Waals surface area contributed by atoms with Gasteiger partial charge in [-0.15, -0.1) is 0 Å². The van der Waals surface area contributed by atoms with Crippen LogP contribution in [0.3, 0.4) is 0 Å². The van der Waals surface area contributed by atoms with Crippen LogP contribution in [0.1, 0.15) is 34.5 Å². The third-order valence-corrected chi connectivity index (χ3v) is 8.14. The highest BCUT2D eigenvalue weighted by molar-refractivity contribution is 6.22. The largest absolute Gasteiger partial charge is 0.491 e. The third kappa shape index (κ3) is 6.78. The third-order valence-electron chi connectivity index (χ3n) is 8.14. The number of nitrogens with one attached hydrogen (secondary N) is 1. The lowest BCUT2D eigenvalue weighted by Gasteiger charge is -2.29. The van der Waals surface area contributed by atoms with Gasteiger partial charge in [0.25, 0.3) is 5.91 Å². The number of carbonyl (C=O) groups is 1. The van der Waals surface area contributed by atoms with Crippen LogP contribution in [0.5, 0.6) is 11.5 Å². The molecule has 0 saturated carbocycles. The summed E-state index contributed by atoms with van der Waals surface area (Å²) in [5.74, 6) is 2.11. The van der Waals surface area contributed by atoms with Crippen molar-refractivity contribution in [1.29, 1.82) is 0 Å². The lowest BCUT2D eigenvalue weighted by molar-refractivity contribution is 0.0357. The molecule has 236 valence electrons. The first-order valence-corrected chi connectivity index (χ1v) is 15.4. The first-order chi connectivity index (χ1) is 21.6. The van der Waals surface area contributed by atoms with Crippen LogP contribution in [0.4, 0.5) is 11.6 Å². The van der Waals surface area contributed by atoms with Gasteiger partial charge in [-0.1, -0.05) is 0 Å². The topological polar surface area (TPSA) is 152 Å². The van der Waals surface area contributed by atoms with E-state index < -0.39 is 5.91 Å². The molecule has 44 heavy (non-hydrogen) atoms. The molecule has 2 saturated heterocycles. The summed E-state index contributed by atoms with van der Waals surface area (Å²) in [6.07, 6.45) is 3.26. The highest BCUT2D eigenvalue weighted by atomic mass is 16.5. The number of ether oxygens (including phenoxy) is 4. The molecule has 2 fully saturated rings. The van der Waals surface area contributed by atoms with Gasteiger partial charge in [0.05, 0.1) is 52.3 Å². The Bertz CT molecular complexity index is 1390. The summed E-state index contributed by atoms with van der Waals surface area (Å²) in [6, 6.07) is 3.87. The maximum absolute atomic E-state index is 12.5. The highest BCUT2D eigenvalue weighted by Crippen LogP contribution is 2.44. The summed E-state index contributed by atoms with van der Waals surface area (Å²) in [5, 5.41) is 3.30. The Morgan fingerprint density at radius 3 is 2.43 bits per heavy atom. The molecule has 5 heterocycles. The number of aromatic nitrogens is 2. The normalized spacial score (nSPS) is 18.7. The maximum atomic E-state index is 12.5. The lowest BCUT2D eigenvalue weighted by Crippen LogP contribution is -2.39. The number of benzene rings is 1. The Morgan fingerprint density at radius 1 is 1.00 bits per heavy atom. The highest BCUT2D eigenvalue weighted by Gasteiger charge is 2.35. The lowest BCUT2D eigenvalue weighted by atomic mass is 10.1. The number of amidine groups is 2. The minimum atomic E-state index is -0.630. The molecule has 0 unspecified atom stereocenters. The second-order valence-electron chi connectivity index (χ2n) is 11.0. The smallest absolute Gasteiger partial charge is 0.252 e. The monoisotopic (exact) mass is 607 g/mol. The average Bonchev–Trinajstić information content (AvgIpc) is 3.56. The Balaban J connectivity index is 1.23. The summed E-state index contributed by atoms with van der Waals surface area (Å²) >= 11 is 0. The fourth-order valence-electron chi connectivity index (χ4n) is 5.83. The Hall–Kier alpha value is -3.85. The maximum Gasteiger partial charge on any atom is 0.252 e. The van der Waals surface area contributed by atoms with Gasteiger partial charge in [-0.2, -0.15) is 0 Å². The molecular formula is C30H41N9O5. The minimum absolute atomic E-state index is 0.187. The van der Waals surface area contributed by atoms with E-state index in [9.17, 15) is 4.79 Å². The Morgan fingerprint density at radius 2 is 1.73 bits per heavy atom. The van der Waals surface area contributed by atoms with E-state index in [0.717, 1.165) is 89.9 Å². The number of methoxy groups -OCH3 is 1. The molecule has 0 radical (unpaired) electrons. The molecule has 3 N–H and O–H groups in total. The van der Waals surface area contributed by atoms with Gasteiger partial charge in [-0.05, 0) is 31.5 Å². The van der Waals surface area contributed by atoms with Crippen LogP contribution in [0.25, 0.3) is 0 Å². The number of nitrogens with zero attached hydrogens (tertiary/aromatic N) is 7. The van der Waals surface area contributed by atoms with Crippen molar-refractivity contribution in [3.05, 3.63) is 35.2 Å². The average molecular weight is 608 g/mol. The number of primary amides is 1.